The number of nitrogens with zero attached hydrogens (tertiary/aromatic N) is 1. The molecule has 0 aliphatic carbocycles. The van der Waals surface area contributed by atoms with E-state index in [1.165, 1.54) is 4.90 Å². The highest BCUT2D eigenvalue weighted by Gasteiger charge is 2.43. The van der Waals surface area contributed by atoms with Gasteiger partial charge in [-0.3, -0.25) is 4.79 Å². The van der Waals surface area contributed by atoms with Gasteiger partial charge in [-0.1, -0.05) is 0 Å². The molecule has 1 saturated heterocycles. The standard InChI is InChI=1S/C12H22N2O4/c1-11(2,3)18-10(17)14-6-4-5-12(7-13,8-14)9(15)16/h4-8,13H2,1-3H3,(H,15,16). The van der Waals surface area contributed by atoms with E-state index in [2.05, 4.69) is 0 Å². The Labute approximate surface area is 107 Å². The summed E-state index contributed by atoms with van der Waals surface area (Å²) >= 11 is 0. The molecule has 1 unspecified atom stereocenters. The van der Waals surface area contributed by atoms with Crippen LogP contribution in [0.25, 0.3) is 0 Å². The second kappa shape index (κ2) is 5.14. The van der Waals surface area contributed by atoms with Crippen molar-refractivity contribution in [2.75, 3.05) is 19.6 Å². The highest BCUT2D eigenvalue weighted by Crippen LogP contribution is 2.30. The van der Waals surface area contributed by atoms with Crippen LogP contribution in [0.1, 0.15) is 33.6 Å². The van der Waals surface area contributed by atoms with Gasteiger partial charge in [0.15, 0.2) is 0 Å². The Morgan fingerprint density at radius 3 is 2.50 bits per heavy atom. The van der Waals surface area contributed by atoms with E-state index in [1.807, 2.05) is 0 Å². The van der Waals surface area contributed by atoms with Crippen LogP contribution in [0.2, 0.25) is 0 Å². The third-order valence-electron chi connectivity index (χ3n) is 3.07. The number of hydrogen-bond acceptors (Lipinski definition) is 4. The lowest BCUT2D eigenvalue weighted by molar-refractivity contribution is -0.151. The maximum Gasteiger partial charge on any atom is 0.410 e. The van der Waals surface area contributed by atoms with Gasteiger partial charge in [-0.15, -0.1) is 0 Å². The number of likely N-dealkylation sites (tertiary alicyclic amines) is 1. The summed E-state index contributed by atoms with van der Waals surface area (Å²) in [6, 6.07) is 0. The fourth-order valence-corrected chi connectivity index (χ4v) is 2.04. The molecule has 1 aliphatic rings. The summed E-state index contributed by atoms with van der Waals surface area (Å²) in [7, 11) is 0. The predicted octanol–water partition coefficient (Wildman–Crippen LogP) is 1.05. The van der Waals surface area contributed by atoms with Crippen molar-refractivity contribution < 1.29 is 19.4 Å². The number of aliphatic carboxylic acids is 1. The van der Waals surface area contributed by atoms with Crippen molar-refractivity contribution in [3.63, 3.8) is 0 Å². The van der Waals surface area contributed by atoms with Crippen LogP contribution < -0.4 is 5.73 Å². The van der Waals surface area contributed by atoms with Gasteiger partial charge in [0.25, 0.3) is 0 Å². The minimum atomic E-state index is -1.03. The van der Waals surface area contributed by atoms with Gasteiger partial charge in [-0.2, -0.15) is 0 Å². The van der Waals surface area contributed by atoms with Crippen molar-refractivity contribution in [2.24, 2.45) is 11.1 Å². The molecule has 104 valence electrons. The Kier molecular flexibility index (Phi) is 4.21. The summed E-state index contributed by atoms with van der Waals surface area (Å²) in [5, 5.41) is 9.26. The first-order valence-corrected chi connectivity index (χ1v) is 6.12. The van der Waals surface area contributed by atoms with Gasteiger partial charge in [0.2, 0.25) is 0 Å². The maximum atomic E-state index is 11.9. The summed E-state index contributed by atoms with van der Waals surface area (Å²) in [6.45, 7) is 6.01. The fourth-order valence-electron chi connectivity index (χ4n) is 2.04. The molecule has 6 nitrogen and oxygen atoms in total. The predicted molar refractivity (Wildman–Crippen MR) is 66.2 cm³/mol. The SMILES string of the molecule is CC(C)(C)OC(=O)N1CCCC(CN)(C(=O)O)C1. The summed E-state index contributed by atoms with van der Waals surface area (Å²) in [5.41, 5.74) is 3.96. The molecule has 1 amide bonds. The van der Waals surface area contributed by atoms with Gasteiger partial charge < -0.3 is 20.5 Å². The molecule has 18 heavy (non-hydrogen) atoms. The van der Waals surface area contributed by atoms with E-state index in [0.717, 1.165) is 0 Å². The molecule has 1 heterocycles. The molecule has 0 aromatic carbocycles. The number of nitrogens with two attached hydrogens (primary N) is 1. The molecule has 6 heteroatoms. The molecule has 0 aromatic rings. The molecular formula is C12H22N2O4. The summed E-state index contributed by atoms with van der Waals surface area (Å²) in [4.78, 5) is 24.7. The summed E-state index contributed by atoms with van der Waals surface area (Å²) in [6.07, 6.45) is 0.655. The first-order chi connectivity index (χ1) is 8.20. The highest BCUT2D eigenvalue weighted by molar-refractivity contribution is 5.77. The molecular weight excluding hydrogens is 236 g/mol. The molecule has 0 radical (unpaired) electrons. The van der Waals surface area contributed by atoms with E-state index in [-0.39, 0.29) is 13.1 Å². The maximum absolute atomic E-state index is 11.9. The van der Waals surface area contributed by atoms with Crippen LogP contribution in [-0.2, 0) is 9.53 Å². The largest absolute Gasteiger partial charge is 0.481 e. The molecule has 0 spiro atoms. The second-order valence-corrected chi connectivity index (χ2v) is 5.80. The number of carboxylic acids is 1. The topological polar surface area (TPSA) is 92.9 Å². The Bertz CT molecular complexity index is 337. The van der Waals surface area contributed by atoms with Crippen LogP contribution in [0.4, 0.5) is 4.79 Å². The molecule has 1 rings (SSSR count). The van der Waals surface area contributed by atoms with Crippen molar-refractivity contribution in [2.45, 2.75) is 39.2 Å². The Balaban J connectivity index is 2.75. The van der Waals surface area contributed by atoms with Crippen LogP contribution in [-0.4, -0.2) is 47.3 Å². The zero-order valence-corrected chi connectivity index (χ0v) is 11.2. The van der Waals surface area contributed by atoms with Gasteiger partial charge in [0.05, 0.1) is 5.41 Å². The zero-order valence-electron chi connectivity index (χ0n) is 11.2. The lowest BCUT2D eigenvalue weighted by Gasteiger charge is -2.39. The molecule has 1 fully saturated rings. The van der Waals surface area contributed by atoms with E-state index in [0.29, 0.717) is 19.4 Å². The number of ether oxygens (including phenoxy) is 1. The Hall–Kier alpha value is -1.30. The number of carbonyl (C=O) groups is 2. The minimum absolute atomic E-state index is 0.0294. The first kappa shape index (κ1) is 14.8. The lowest BCUT2D eigenvalue weighted by Crippen LogP contribution is -2.54. The third-order valence-corrected chi connectivity index (χ3v) is 3.07. The van der Waals surface area contributed by atoms with E-state index in [1.54, 1.807) is 20.8 Å². The number of rotatable bonds is 2. The van der Waals surface area contributed by atoms with Crippen molar-refractivity contribution in [1.82, 2.24) is 4.90 Å². The number of carboxylic acid groups (broad SMARTS) is 1. The highest BCUT2D eigenvalue weighted by atomic mass is 16.6. The molecule has 1 atom stereocenters. The molecule has 0 bridgehead atoms. The van der Waals surface area contributed by atoms with E-state index in [4.69, 9.17) is 10.5 Å². The van der Waals surface area contributed by atoms with Gasteiger partial charge in [0, 0.05) is 19.6 Å². The van der Waals surface area contributed by atoms with Crippen LogP contribution in [0, 0.1) is 5.41 Å². The Morgan fingerprint density at radius 1 is 1.44 bits per heavy atom. The van der Waals surface area contributed by atoms with Crippen molar-refractivity contribution in [1.29, 1.82) is 0 Å². The van der Waals surface area contributed by atoms with Gasteiger partial charge in [0.1, 0.15) is 5.60 Å². The fraction of sp³-hybridized carbons (Fsp3) is 0.833. The van der Waals surface area contributed by atoms with Gasteiger partial charge in [-0.05, 0) is 33.6 Å². The second-order valence-electron chi connectivity index (χ2n) is 5.80. The average Bonchev–Trinajstić information content (AvgIpc) is 2.26. The van der Waals surface area contributed by atoms with Crippen LogP contribution in [0.5, 0.6) is 0 Å². The van der Waals surface area contributed by atoms with Crippen molar-refractivity contribution in [3.05, 3.63) is 0 Å². The molecule has 0 saturated carbocycles. The van der Waals surface area contributed by atoms with E-state index in [9.17, 15) is 14.7 Å². The summed E-state index contributed by atoms with van der Waals surface area (Å²) in [5.74, 6) is -0.946. The van der Waals surface area contributed by atoms with E-state index < -0.39 is 23.1 Å². The first-order valence-electron chi connectivity index (χ1n) is 6.12. The minimum Gasteiger partial charge on any atom is -0.481 e. The van der Waals surface area contributed by atoms with Crippen molar-refractivity contribution >= 4 is 12.1 Å². The molecule has 0 aromatic heterocycles. The molecule has 3 N–H and O–H groups in total. The van der Waals surface area contributed by atoms with Gasteiger partial charge >= 0.3 is 12.1 Å². The quantitative estimate of drug-likeness (QED) is 0.772. The smallest absolute Gasteiger partial charge is 0.410 e. The number of piperidine rings is 1. The lowest BCUT2D eigenvalue weighted by atomic mass is 9.80. The van der Waals surface area contributed by atoms with Crippen LogP contribution in [0.3, 0.4) is 0 Å². The third kappa shape index (κ3) is 3.35. The monoisotopic (exact) mass is 258 g/mol. The van der Waals surface area contributed by atoms with E-state index >= 15 is 0 Å². The Morgan fingerprint density at radius 2 is 2.06 bits per heavy atom. The molecule has 1 aliphatic heterocycles. The zero-order chi connectivity index (χ0) is 14.0. The number of amides is 1. The van der Waals surface area contributed by atoms with Crippen LogP contribution in [0.15, 0.2) is 0 Å². The van der Waals surface area contributed by atoms with Crippen LogP contribution >= 0.6 is 0 Å². The normalized spacial score (nSPS) is 24.8. The number of hydrogen-bond donors (Lipinski definition) is 2. The van der Waals surface area contributed by atoms with Crippen molar-refractivity contribution in [3.8, 4) is 0 Å². The summed E-state index contributed by atoms with van der Waals surface area (Å²) < 4.78 is 5.25. The number of carbonyl (C=O) groups excluding carboxylic acids is 1. The average molecular weight is 258 g/mol. The van der Waals surface area contributed by atoms with Gasteiger partial charge in [-0.25, -0.2) is 4.79 Å².